The molecule has 1 aromatic rings. The van der Waals surface area contributed by atoms with Crippen LogP contribution in [0.3, 0.4) is 0 Å². The van der Waals surface area contributed by atoms with Gasteiger partial charge in [-0.2, -0.15) is 0 Å². The van der Waals surface area contributed by atoms with Crippen molar-refractivity contribution in [3.8, 4) is 0 Å². The fourth-order valence-corrected chi connectivity index (χ4v) is 3.02. The van der Waals surface area contributed by atoms with E-state index in [0.29, 0.717) is 6.54 Å². The Morgan fingerprint density at radius 3 is 2.52 bits per heavy atom. The van der Waals surface area contributed by atoms with Crippen LogP contribution in [-0.4, -0.2) is 42.6 Å². The monoisotopic (exact) mass is 319 g/mol. The van der Waals surface area contributed by atoms with Crippen molar-refractivity contribution in [1.29, 1.82) is 0 Å². The zero-order chi connectivity index (χ0) is 16.7. The molecule has 0 aromatic carbocycles. The predicted octanol–water partition coefficient (Wildman–Crippen LogP) is 1.95. The molecule has 0 radical (unpaired) electrons. The highest BCUT2D eigenvalue weighted by atomic mass is 16.1. The SMILES string of the molecule is CNCC(=O)N[C@H](C)c1cnc(N2CCCCCCC2)nc1C. The summed E-state index contributed by atoms with van der Waals surface area (Å²) in [6.07, 6.45) is 8.21. The zero-order valence-corrected chi connectivity index (χ0v) is 14.6. The summed E-state index contributed by atoms with van der Waals surface area (Å²) in [6, 6.07) is -0.0859. The predicted molar refractivity (Wildman–Crippen MR) is 92.6 cm³/mol. The fraction of sp³-hybridized carbons (Fsp3) is 0.706. The molecule has 2 N–H and O–H groups in total. The van der Waals surface area contributed by atoms with Crippen LogP contribution in [0.5, 0.6) is 0 Å². The third kappa shape index (κ3) is 5.16. The van der Waals surface area contributed by atoms with E-state index in [0.717, 1.165) is 30.3 Å². The Balaban J connectivity index is 2.05. The summed E-state index contributed by atoms with van der Waals surface area (Å²) >= 11 is 0. The molecule has 1 atom stereocenters. The molecule has 23 heavy (non-hydrogen) atoms. The highest BCUT2D eigenvalue weighted by Gasteiger charge is 2.16. The van der Waals surface area contributed by atoms with Gasteiger partial charge in [0, 0.05) is 30.5 Å². The van der Waals surface area contributed by atoms with Gasteiger partial charge in [-0.1, -0.05) is 19.3 Å². The summed E-state index contributed by atoms with van der Waals surface area (Å²) in [4.78, 5) is 23.2. The van der Waals surface area contributed by atoms with Gasteiger partial charge in [-0.15, -0.1) is 0 Å². The first-order valence-corrected chi connectivity index (χ1v) is 8.64. The van der Waals surface area contributed by atoms with Gasteiger partial charge < -0.3 is 15.5 Å². The molecule has 0 saturated carbocycles. The van der Waals surface area contributed by atoms with E-state index in [-0.39, 0.29) is 11.9 Å². The van der Waals surface area contributed by atoms with Crippen molar-refractivity contribution in [3.05, 3.63) is 17.5 Å². The number of anilines is 1. The minimum Gasteiger partial charge on any atom is -0.348 e. The summed E-state index contributed by atoms with van der Waals surface area (Å²) in [5.41, 5.74) is 1.92. The molecule has 2 heterocycles. The van der Waals surface area contributed by atoms with Crippen LogP contribution in [-0.2, 0) is 4.79 Å². The van der Waals surface area contributed by atoms with Crippen molar-refractivity contribution in [2.24, 2.45) is 0 Å². The minimum absolute atomic E-state index is 0.0211. The van der Waals surface area contributed by atoms with Crippen LogP contribution in [0.1, 0.15) is 56.3 Å². The lowest BCUT2D eigenvalue weighted by molar-refractivity contribution is -0.120. The summed E-state index contributed by atoms with van der Waals surface area (Å²) < 4.78 is 0. The Morgan fingerprint density at radius 2 is 1.91 bits per heavy atom. The summed E-state index contributed by atoms with van der Waals surface area (Å²) in [6.45, 7) is 6.34. The summed E-state index contributed by atoms with van der Waals surface area (Å²) in [5.74, 6) is 0.800. The summed E-state index contributed by atoms with van der Waals surface area (Å²) in [5, 5.41) is 5.81. The number of likely N-dealkylation sites (N-methyl/N-ethyl adjacent to an activating group) is 1. The third-order valence-corrected chi connectivity index (χ3v) is 4.32. The molecule has 2 rings (SSSR count). The zero-order valence-electron chi connectivity index (χ0n) is 14.6. The lowest BCUT2D eigenvalue weighted by Crippen LogP contribution is -2.34. The van der Waals surface area contributed by atoms with Gasteiger partial charge >= 0.3 is 0 Å². The molecule has 128 valence electrons. The first-order chi connectivity index (χ1) is 11.1. The van der Waals surface area contributed by atoms with Crippen LogP contribution in [0.2, 0.25) is 0 Å². The minimum atomic E-state index is -0.0859. The van der Waals surface area contributed by atoms with E-state index in [9.17, 15) is 4.79 Å². The van der Waals surface area contributed by atoms with Gasteiger partial charge in [-0.25, -0.2) is 9.97 Å². The second kappa shape index (κ2) is 8.82. The van der Waals surface area contributed by atoms with Gasteiger partial charge in [-0.3, -0.25) is 4.79 Å². The molecule has 0 bridgehead atoms. The van der Waals surface area contributed by atoms with Gasteiger partial charge in [0.1, 0.15) is 0 Å². The lowest BCUT2D eigenvalue weighted by Gasteiger charge is -2.25. The maximum Gasteiger partial charge on any atom is 0.234 e. The van der Waals surface area contributed by atoms with Crippen LogP contribution in [0.15, 0.2) is 6.20 Å². The molecule has 0 spiro atoms. The van der Waals surface area contributed by atoms with Crippen molar-refractivity contribution in [2.75, 3.05) is 31.6 Å². The first-order valence-electron chi connectivity index (χ1n) is 8.64. The van der Waals surface area contributed by atoms with E-state index in [1.165, 1.54) is 32.1 Å². The van der Waals surface area contributed by atoms with Crippen LogP contribution in [0.25, 0.3) is 0 Å². The van der Waals surface area contributed by atoms with E-state index in [2.05, 4.69) is 20.5 Å². The Labute approximate surface area is 139 Å². The highest BCUT2D eigenvalue weighted by Crippen LogP contribution is 2.20. The van der Waals surface area contributed by atoms with Crippen LogP contribution < -0.4 is 15.5 Å². The molecule has 1 aliphatic rings. The molecule has 6 nitrogen and oxygen atoms in total. The van der Waals surface area contributed by atoms with Gasteiger partial charge in [0.15, 0.2) is 0 Å². The van der Waals surface area contributed by atoms with E-state index in [4.69, 9.17) is 4.98 Å². The molecule has 0 aliphatic carbocycles. The number of hydrogen-bond acceptors (Lipinski definition) is 5. The molecule has 0 unspecified atom stereocenters. The number of aryl methyl sites for hydroxylation is 1. The number of amides is 1. The number of nitrogens with one attached hydrogen (secondary N) is 2. The van der Waals surface area contributed by atoms with Crippen molar-refractivity contribution in [1.82, 2.24) is 20.6 Å². The molecule has 1 aliphatic heterocycles. The summed E-state index contributed by atoms with van der Waals surface area (Å²) in [7, 11) is 1.76. The van der Waals surface area contributed by atoms with Gasteiger partial charge in [-0.05, 0) is 33.7 Å². The molecule has 1 aromatic heterocycles. The standard InChI is InChI=1S/C17H29N5O/c1-13(20-16(23)12-18-3)15-11-19-17(21-14(15)2)22-9-7-5-4-6-8-10-22/h11,13,18H,4-10,12H2,1-3H3,(H,20,23)/t13-/m1/s1. The van der Waals surface area contributed by atoms with Crippen molar-refractivity contribution >= 4 is 11.9 Å². The number of hydrogen-bond donors (Lipinski definition) is 2. The molecule has 1 amide bonds. The highest BCUT2D eigenvalue weighted by molar-refractivity contribution is 5.78. The molecular formula is C17H29N5O. The third-order valence-electron chi connectivity index (χ3n) is 4.32. The second-order valence-corrected chi connectivity index (χ2v) is 6.29. The first kappa shape index (κ1) is 17.7. The van der Waals surface area contributed by atoms with E-state index >= 15 is 0 Å². The Morgan fingerprint density at radius 1 is 1.26 bits per heavy atom. The number of nitrogens with zero attached hydrogens (tertiary/aromatic N) is 3. The Hall–Kier alpha value is -1.69. The smallest absolute Gasteiger partial charge is 0.234 e. The van der Waals surface area contributed by atoms with Gasteiger partial charge in [0.2, 0.25) is 11.9 Å². The normalized spacial score (nSPS) is 17.3. The average Bonchev–Trinajstić information content (AvgIpc) is 2.46. The van der Waals surface area contributed by atoms with Gasteiger partial charge in [0.05, 0.1) is 12.6 Å². The number of aromatic nitrogens is 2. The number of carbonyl (C=O) groups excluding carboxylic acids is 1. The quantitative estimate of drug-likeness (QED) is 0.868. The molecule has 1 saturated heterocycles. The van der Waals surface area contributed by atoms with Crippen molar-refractivity contribution < 1.29 is 4.79 Å². The average molecular weight is 319 g/mol. The van der Waals surface area contributed by atoms with Crippen LogP contribution in [0.4, 0.5) is 5.95 Å². The molecule has 1 fully saturated rings. The maximum absolute atomic E-state index is 11.7. The lowest BCUT2D eigenvalue weighted by atomic mass is 10.1. The van der Waals surface area contributed by atoms with E-state index in [1.54, 1.807) is 7.05 Å². The Bertz CT molecular complexity index is 512. The topological polar surface area (TPSA) is 70.2 Å². The second-order valence-electron chi connectivity index (χ2n) is 6.29. The number of rotatable bonds is 5. The van der Waals surface area contributed by atoms with E-state index in [1.807, 2.05) is 20.0 Å². The van der Waals surface area contributed by atoms with Crippen molar-refractivity contribution in [3.63, 3.8) is 0 Å². The van der Waals surface area contributed by atoms with Crippen LogP contribution in [0, 0.1) is 6.92 Å². The maximum atomic E-state index is 11.7. The van der Waals surface area contributed by atoms with Crippen LogP contribution >= 0.6 is 0 Å². The Kier molecular flexibility index (Phi) is 6.77. The van der Waals surface area contributed by atoms with Crippen molar-refractivity contribution in [2.45, 2.75) is 52.0 Å². The molecular weight excluding hydrogens is 290 g/mol. The van der Waals surface area contributed by atoms with E-state index < -0.39 is 0 Å². The largest absolute Gasteiger partial charge is 0.348 e. The fourth-order valence-electron chi connectivity index (χ4n) is 3.02. The molecule has 6 heteroatoms. The van der Waals surface area contributed by atoms with Gasteiger partial charge in [0.25, 0.3) is 0 Å². The number of carbonyl (C=O) groups is 1.